The molecule has 0 spiro atoms. The van der Waals surface area contributed by atoms with Gasteiger partial charge in [-0.15, -0.1) is 0 Å². The second kappa shape index (κ2) is 7.46. The Balaban J connectivity index is 1.97. The lowest BCUT2D eigenvalue weighted by Gasteiger charge is -2.30. The first-order valence-electron chi connectivity index (χ1n) is 6.70. The molecule has 0 radical (unpaired) electrons. The predicted molar refractivity (Wildman–Crippen MR) is 82.6 cm³/mol. The quantitative estimate of drug-likeness (QED) is 0.868. The Morgan fingerprint density at radius 3 is 3.06 bits per heavy atom. The second-order valence-corrected chi connectivity index (χ2v) is 7.20. The minimum atomic E-state index is 0.559. The van der Waals surface area contributed by atoms with Gasteiger partial charge in [0.25, 0.3) is 0 Å². The van der Waals surface area contributed by atoms with Gasteiger partial charge < -0.3 is 9.88 Å². The van der Waals surface area contributed by atoms with Gasteiger partial charge in [0, 0.05) is 54.4 Å². The van der Waals surface area contributed by atoms with Crippen molar-refractivity contribution >= 4 is 23.5 Å². The number of thioether (sulfide) groups is 2. The number of hydrogen-bond acceptors (Lipinski definition) is 4. The largest absolute Gasteiger partial charge is 0.338 e. The molecule has 2 rings (SSSR count). The van der Waals surface area contributed by atoms with Crippen molar-refractivity contribution in [2.75, 3.05) is 23.8 Å². The summed E-state index contributed by atoms with van der Waals surface area (Å²) in [6, 6.07) is 0.559. The van der Waals surface area contributed by atoms with Crippen molar-refractivity contribution in [3.8, 4) is 0 Å². The van der Waals surface area contributed by atoms with Crippen LogP contribution in [0.15, 0.2) is 12.4 Å². The van der Waals surface area contributed by atoms with E-state index in [9.17, 15) is 0 Å². The second-order valence-electron chi connectivity index (χ2n) is 4.70. The van der Waals surface area contributed by atoms with E-state index in [-0.39, 0.29) is 0 Å². The van der Waals surface area contributed by atoms with E-state index in [0.29, 0.717) is 6.04 Å². The van der Waals surface area contributed by atoms with E-state index in [1.54, 1.807) is 0 Å². The minimum absolute atomic E-state index is 0.559. The van der Waals surface area contributed by atoms with Gasteiger partial charge in [-0.3, -0.25) is 0 Å². The van der Waals surface area contributed by atoms with Crippen molar-refractivity contribution in [1.82, 2.24) is 14.9 Å². The lowest BCUT2D eigenvalue weighted by atomic mass is 10.1. The van der Waals surface area contributed by atoms with Crippen LogP contribution >= 0.6 is 23.5 Å². The molecule has 0 amide bonds. The first kappa shape index (κ1) is 14.3. The molecule has 1 aromatic rings. The molecule has 0 bridgehead atoms. The molecule has 102 valence electrons. The molecule has 2 heterocycles. The van der Waals surface area contributed by atoms with Crippen LogP contribution in [0.25, 0.3) is 0 Å². The number of nitrogens with zero attached hydrogens (tertiary/aromatic N) is 2. The third-order valence-corrected chi connectivity index (χ3v) is 6.19. The molecular formula is C13H23N3S2. The van der Waals surface area contributed by atoms with E-state index in [0.717, 1.165) is 18.2 Å². The fourth-order valence-electron chi connectivity index (χ4n) is 2.19. The van der Waals surface area contributed by atoms with Crippen LogP contribution in [0.3, 0.4) is 0 Å². The lowest BCUT2D eigenvalue weighted by molar-refractivity contribution is 0.491. The van der Waals surface area contributed by atoms with Crippen LogP contribution in [0, 0.1) is 0 Å². The number of imidazole rings is 1. The summed E-state index contributed by atoms with van der Waals surface area (Å²) < 4.78 is 2.14. The predicted octanol–water partition coefficient (Wildman–Crippen LogP) is 2.18. The molecule has 1 fully saturated rings. The first-order chi connectivity index (χ1) is 8.81. The smallest absolute Gasteiger partial charge is 0.109 e. The highest BCUT2D eigenvalue weighted by atomic mass is 32.2. The molecule has 1 aromatic heterocycles. The Morgan fingerprint density at radius 1 is 1.56 bits per heavy atom. The lowest BCUT2D eigenvalue weighted by Crippen LogP contribution is -2.43. The summed E-state index contributed by atoms with van der Waals surface area (Å²) in [5.41, 5.74) is 0. The van der Waals surface area contributed by atoms with Crippen LogP contribution in [-0.2, 0) is 13.5 Å². The zero-order valence-electron chi connectivity index (χ0n) is 11.3. The summed E-state index contributed by atoms with van der Waals surface area (Å²) in [5.74, 6) is 5.07. The number of nitrogens with one attached hydrogen (secondary N) is 1. The van der Waals surface area contributed by atoms with Crippen molar-refractivity contribution in [1.29, 1.82) is 0 Å². The van der Waals surface area contributed by atoms with Gasteiger partial charge in [-0.25, -0.2) is 4.98 Å². The molecule has 1 aliphatic rings. The van der Waals surface area contributed by atoms with Gasteiger partial charge in [0.2, 0.25) is 0 Å². The fraction of sp³-hybridized carbons (Fsp3) is 0.769. The molecule has 1 N–H and O–H groups in total. The van der Waals surface area contributed by atoms with Crippen molar-refractivity contribution in [3.63, 3.8) is 0 Å². The van der Waals surface area contributed by atoms with Gasteiger partial charge in [-0.05, 0) is 13.0 Å². The van der Waals surface area contributed by atoms with Gasteiger partial charge in [0.05, 0.1) is 0 Å². The van der Waals surface area contributed by atoms with E-state index in [2.05, 4.69) is 52.4 Å². The summed E-state index contributed by atoms with van der Waals surface area (Å²) in [7, 11) is 2.09. The number of hydrogen-bond donors (Lipinski definition) is 1. The van der Waals surface area contributed by atoms with Gasteiger partial charge in [0.15, 0.2) is 0 Å². The Hall–Kier alpha value is -0.130. The Labute approximate surface area is 119 Å². The van der Waals surface area contributed by atoms with Gasteiger partial charge >= 0.3 is 0 Å². The van der Waals surface area contributed by atoms with E-state index in [1.807, 2.05) is 12.4 Å². The standard InChI is InChI=1S/C13H23N3S2/c1-3-4-14-11(12-10-17-7-8-18-12)9-13-15-5-6-16(13)2/h5-6,11-12,14H,3-4,7-10H2,1-2H3. The van der Waals surface area contributed by atoms with Crippen LogP contribution in [-0.4, -0.2) is 44.6 Å². The van der Waals surface area contributed by atoms with Crippen LogP contribution in [0.2, 0.25) is 0 Å². The summed E-state index contributed by atoms with van der Waals surface area (Å²) in [5, 5.41) is 4.45. The maximum Gasteiger partial charge on any atom is 0.109 e. The Morgan fingerprint density at radius 2 is 2.44 bits per heavy atom. The van der Waals surface area contributed by atoms with E-state index in [4.69, 9.17) is 0 Å². The van der Waals surface area contributed by atoms with Crippen LogP contribution in [0.4, 0.5) is 0 Å². The first-order valence-corrected chi connectivity index (χ1v) is 8.90. The normalized spacial score (nSPS) is 22.0. The fourth-order valence-corrected chi connectivity index (χ4v) is 5.08. The van der Waals surface area contributed by atoms with Gasteiger partial charge in [-0.1, -0.05) is 6.92 Å². The molecule has 2 unspecified atom stereocenters. The van der Waals surface area contributed by atoms with Gasteiger partial charge in [-0.2, -0.15) is 23.5 Å². The third-order valence-electron chi connectivity index (χ3n) is 3.27. The van der Waals surface area contributed by atoms with Crippen LogP contribution in [0.5, 0.6) is 0 Å². The molecular weight excluding hydrogens is 262 g/mol. The SMILES string of the molecule is CCCNC(Cc1nccn1C)C1CSCCS1. The molecule has 2 atom stereocenters. The highest BCUT2D eigenvalue weighted by Gasteiger charge is 2.25. The molecule has 1 aliphatic heterocycles. The molecule has 0 saturated carbocycles. The average Bonchev–Trinajstić information content (AvgIpc) is 2.81. The molecule has 3 nitrogen and oxygen atoms in total. The molecule has 0 aliphatic carbocycles. The average molecular weight is 285 g/mol. The minimum Gasteiger partial charge on any atom is -0.338 e. The van der Waals surface area contributed by atoms with Crippen LogP contribution in [0.1, 0.15) is 19.2 Å². The maximum absolute atomic E-state index is 4.47. The number of rotatable bonds is 6. The third kappa shape index (κ3) is 3.93. The Kier molecular flexibility index (Phi) is 5.92. The van der Waals surface area contributed by atoms with Crippen molar-refractivity contribution < 1.29 is 0 Å². The van der Waals surface area contributed by atoms with Crippen molar-refractivity contribution in [2.24, 2.45) is 7.05 Å². The molecule has 18 heavy (non-hydrogen) atoms. The van der Waals surface area contributed by atoms with Crippen molar-refractivity contribution in [2.45, 2.75) is 31.1 Å². The zero-order chi connectivity index (χ0) is 12.8. The summed E-state index contributed by atoms with van der Waals surface area (Å²) >= 11 is 4.22. The number of aryl methyl sites for hydroxylation is 1. The zero-order valence-corrected chi connectivity index (χ0v) is 12.9. The summed E-state index contributed by atoms with van der Waals surface area (Å²) in [6.45, 7) is 3.34. The van der Waals surface area contributed by atoms with E-state index >= 15 is 0 Å². The van der Waals surface area contributed by atoms with E-state index in [1.165, 1.54) is 29.5 Å². The van der Waals surface area contributed by atoms with Crippen molar-refractivity contribution in [3.05, 3.63) is 18.2 Å². The Bertz CT molecular complexity index is 348. The molecule has 1 saturated heterocycles. The number of aromatic nitrogens is 2. The monoisotopic (exact) mass is 285 g/mol. The molecule has 0 aromatic carbocycles. The van der Waals surface area contributed by atoms with Gasteiger partial charge in [0.1, 0.15) is 5.82 Å². The highest BCUT2D eigenvalue weighted by molar-refractivity contribution is 8.06. The summed E-state index contributed by atoms with van der Waals surface area (Å²) in [6.07, 6.45) is 6.17. The topological polar surface area (TPSA) is 29.9 Å². The summed E-state index contributed by atoms with van der Waals surface area (Å²) in [4.78, 5) is 4.47. The molecule has 5 heteroatoms. The van der Waals surface area contributed by atoms with Crippen LogP contribution < -0.4 is 5.32 Å². The maximum atomic E-state index is 4.47. The van der Waals surface area contributed by atoms with E-state index < -0.39 is 0 Å². The highest BCUT2D eigenvalue weighted by Crippen LogP contribution is 2.27.